The van der Waals surface area contributed by atoms with Crippen LogP contribution in [0.3, 0.4) is 0 Å². The molecule has 3 heteroatoms. The summed E-state index contributed by atoms with van der Waals surface area (Å²) >= 11 is 0. The Balaban J connectivity index is 2.81. The van der Waals surface area contributed by atoms with Crippen molar-refractivity contribution in [3.63, 3.8) is 0 Å². The summed E-state index contributed by atoms with van der Waals surface area (Å²) in [6.45, 7) is 0.559. The van der Waals surface area contributed by atoms with Gasteiger partial charge < -0.3 is 5.32 Å². The fraction of sp³-hybridized carbons (Fsp3) is 0.750. The largest absolute Gasteiger partial charge is 0.335 e. The Labute approximate surface area is 43.3 Å². The third kappa shape index (κ3) is 5.43. The number of nitrogens with one attached hydrogen (secondary N) is 1. The summed E-state index contributed by atoms with van der Waals surface area (Å²) in [5, 5.41) is 2.37. The molecule has 0 aromatic rings. The Morgan fingerprint density at radius 3 is 2.43 bits per heavy atom. The van der Waals surface area contributed by atoms with Gasteiger partial charge in [0.05, 0.1) is 6.67 Å². The first-order valence-electron chi connectivity index (χ1n) is 2.02. The molecule has 0 aromatic carbocycles. The van der Waals surface area contributed by atoms with Crippen LogP contribution in [0, 0.1) is 0 Å². The SMILES string of the molecule is CN(C)CN[C]=O. The molecule has 0 rings (SSSR count). The molecule has 41 valence electrons. The monoisotopic (exact) mass is 101 g/mol. The van der Waals surface area contributed by atoms with Gasteiger partial charge in [-0.2, -0.15) is 0 Å². The van der Waals surface area contributed by atoms with Crippen LogP contribution in [0.4, 0.5) is 0 Å². The highest BCUT2D eigenvalue weighted by atomic mass is 16.1. The quantitative estimate of drug-likeness (QED) is 0.371. The number of nitrogens with zero attached hydrogens (tertiary/aromatic N) is 1. The molecule has 0 atom stereocenters. The van der Waals surface area contributed by atoms with E-state index < -0.39 is 0 Å². The van der Waals surface area contributed by atoms with E-state index in [0.29, 0.717) is 6.67 Å². The molecule has 0 spiro atoms. The second kappa shape index (κ2) is 3.61. The molecule has 7 heavy (non-hydrogen) atoms. The number of carbonyl (C=O) groups excluding carboxylic acids is 1. The van der Waals surface area contributed by atoms with Crippen LogP contribution in [0.2, 0.25) is 0 Å². The molecule has 3 nitrogen and oxygen atoms in total. The molecule has 0 aliphatic rings. The Morgan fingerprint density at radius 1 is 1.71 bits per heavy atom. The van der Waals surface area contributed by atoms with Crippen molar-refractivity contribution in [3.05, 3.63) is 0 Å². The first kappa shape index (κ1) is 6.43. The summed E-state index contributed by atoms with van der Waals surface area (Å²) in [5.41, 5.74) is 0. The van der Waals surface area contributed by atoms with Crippen LogP contribution < -0.4 is 5.32 Å². The lowest BCUT2D eigenvalue weighted by Gasteiger charge is -2.04. The number of amides is 1. The van der Waals surface area contributed by atoms with Crippen molar-refractivity contribution in [1.82, 2.24) is 10.2 Å². The summed E-state index contributed by atoms with van der Waals surface area (Å²) in [6.07, 6.45) is 1.56. The summed E-state index contributed by atoms with van der Waals surface area (Å²) < 4.78 is 0. The van der Waals surface area contributed by atoms with Gasteiger partial charge >= 0.3 is 6.41 Å². The molecule has 0 bridgehead atoms. The van der Waals surface area contributed by atoms with Crippen molar-refractivity contribution in [3.8, 4) is 0 Å². The maximum Gasteiger partial charge on any atom is 0.310 e. The minimum atomic E-state index is 0.559. The zero-order valence-corrected chi connectivity index (χ0v) is 4.56. The normalized spacial score (nSPS) is 9.00. The molecule has 0 saturated heterocycles. The molecule has 1 radical (unpaired) electrons. The number of hydrogen-bond donors (Lipinski definition) is 1. The lowest BCUT2D eigenvalue weighted by atomic mass is 10.9. The summed E-state index contributed by atoms with van der Waals surface area (Å²) in [6, 6.07) is 0. The molecule has 0 fully saturated rings. The van der Waals surface area contributed by atoms with Crippen LogP contribution in [0.15, 0.2) is 0 Å². The van der Waals surface area contributed by atoms with E-state index in [4.69, 9.17) is 0 Å². The average Bonchev–Trinajstić information content (AvgIpc) is 1.61. The fourth-order valence-electron chi connectivity index (χ4n) is 0.190. The highest BCUT2D eigenvalue weighted by Crippen LogP contribution is 1.61. The van der Waals surface area contributed by atoms with E-state index in [1.54, 1.807) is 6.41 Å². The van der Waals surface area contributed by atoms with Crippen LogP contribution in [0.25, 0.3) is 0 Å². The van der Waals surface area contributed by atoms with E-state index in [1.807, 2.05) is 19.0 Å². The van der Waals surface area contributed by atoms with Gasteiger partial charge in [-0.25, -0.2) is 0 Å². The van der Waals surface area contributed by atoms with E-state index in [9.17, 15) is 4.79 Å². The molecule has 0 aliphatic heterocycles. The maximum absolute atomic E-state index is 9.45. The Hall–Kier alpha value is -0.570. The van der Waals surface area contributed by atoms with Gasteiger partial charge in [0.2, 0.25) is 0 Å². The van der Waals surface area contributed by atoms with Crippen molar-refractivity contribution in [2.24, 2.45) is 0 Å². The molecule has 0 saturated carbocycles. The average molecular weight is 101 g/mol. The Morgan fingerprint density at radius 2 is 2.29 bits per heavy atom. The number of hydrogen-bond acceptors (Lipinski definition) is 2. The third-order valence-corrected chi connectivity index (χ3v) is 0.467. The predicted octanol–water partition coefficient (Wildman–Crippen LogP) is -0.838. The van der Waals surface area contributed by atoms with Crippen molar-refractivity contribution >= 4 is 6.41 Å². The summed E-state index contributed by atoms with van der Waals surface area (Å²) in [7, 11) is 3.73. The minimum absolute atomic E-state index is 0.559. The molecule has 0 unspecified atom stereocenters. The maximum atomic E-state index is 9.45. The Kier molecular flexibility index (Phi) is 3.32. The molecule has 1 amide bonds. The van der Waals surface area contributed by atoms with Gasteiger partial charge in [-0.3, -0.25) is 9.69 Å². The molecular formula is C4H9N2O. The van der Waals surface area contributed by atoms with Gasteiger partial charge in [0, 0.05) is 0 Å². The van der Waals surface area contributed by atoms with Crippen LogP contribution in [0.1, 0.15) is 0 Å². The molecule has 0 aromatic heterocycles. The zero-order valence-electron chi connectivity index (χ0n) is 4.56. The van der Waals surface area contributed by atoms with Crippen molar-refractivity contribution < 1.29 is 4.79 Å². The van der Waals surface area contributed by atoms with Crippen molar-refractivity contribution in [2.75, 3.05) is 20.8 Å². The van der Waals surface area contributed by atoms with E-state index in [2.05, 4.69) is 5.32 Å². The Bertz CT molecular complexity index is 53.7. The lowest BCUT2D eigenvalue weighted by Crippen LogP contribution is -2.26. The zero-order chi connectivity index (χ0) is 5.70. The van der Waals surface area contributed by atoms with Gasteiger partial charge in [0.1, 0.15) is 0 Å². The molecule has 0 aliphatic carbocycles. The van der Waals surface area contributed by atoms with E-state index >= 15 is 0 Å². The third-order valence-electron chi connectivity index (χ3n) is 0.467. The second-order valence-corrected chi connectivity index (χ2v) is 1.52. The van der Waals surface area contributed by atoms with E-state index in [-0.39, 0.29) is 0 Å². The highest BCUT2D eigenvalue weighted by molar-refractivity contribution is 5.46. The van der Waals surface area contributed by atoms with Gasteiger partial charge in [0.15, 0.2) is 0 Å². The minimum Gasteiger partial charge on any atom is -0.335 e. The van der Waals surface area contributed by atoms with Crippen LogP contribution in [-0.2, 0) is 4.79 Å². The second-order valence-electron chi connectivity index (χ2n) is 1.52. The molecule has 1 N–H and O–H groups in total. The van der Waals surface area contributed by atoms with E-state index in [1.165, 1.54) is 0 Å². The van der Waals surface area contributed by atoms with Crippen LogP contribution in [0.5, 0.6) is 0 Å². The lowest BCUT2D eigenvalue weighted by molar-refractivity contribution is 0.393. The van der Waals surface area contributed by atoms with Gasteiger partial charge in [-0.15, -0.1) is 0 Å². The van der Waals surface area contributed by atoms with E-state index in [0.717, 1.165) is 0 Å². The summed E-state index contributed by atoms with van der Waals surface area (Å²) in [4.78, 5) is 11.3. The smallest absolute Gasteiger partial charge is 0.310 e. The van der Waals surface area contributed by atoms with Crippen LogP contribution in [-0.4, -0.2) is 32.1 Å². The van der Waals surface area contributed by atoms with Crippen molar-refractivity contribution in [2.45, 2.75) is 0 Å². The first-order chi connectivity index (χ1) is 3.27. The highest BCUT2D eigenvalue weighted by Gasteiger charge is 1.81. The summed E-state index contributed by atoms with van der Waals surface area (Å²) in [5.74, 6) is 0. The van der Waals surface area contributed by atoms with Gasteiger partial charge in [0.25, 0.3) is 0 Å². The molecular weight excluding hydrogens is 92.1 g/mol. The molecule has 0 heterocycles. The number of rotatable bonds is 3. The van der Waals surface area contributed by atoms with Gasteiger partial charge in [-0.05, 0) is 14.1 Å². The van der Waals surface area contributed by atoms with Gasteiger partial charge in [-0.1, -0.05) is 0 Å². The van der Waals surface area contributed by atoms with Crippen LogP contribution >= 0.6 is 0 Å². The van der Waals surface area contributed by atoms with Crippen molar-refractivity contribution in [1.29, 1.82) is 0 Å². The standard InChI is InChI=1S/C4H9N2O/c1-6(2)3-5-4-7/h3H2,1-2H3,(H,5,7). The fourth-order valence-corrected chi connectivity index (χ4v) is 0.190. The first-order valence-corrected chi connectivity index (χ1v) is 2.02. The predicted molar refractivity (Wildman–Crippen MR) is 27.4 cm³/mol. The topological polar surface area (TPSA) is 32.3 Å².